The van der Waals surface area contributed by atoms with E-state index in [4.69, 9.17) is 9.15 Å². The summed E-state index contributed by atoms with van der Waals surface area (Å²) in [5.74, 6) is 1.69. The van der Waals surface area contributed by atoms with Gasteiger partial charge in [0.15, 0.2) is 11.7 Å². The zero-order valence-corrected chi connectivity index (χ0v) is 11.7. The van der Waals surface area contributed by atoms with Crippen LogP contribution in [0.1, 0.15) is 57.8 Å². The van der Waals surface area contributed by atoms with E-state index in [-0.39, 0.29) is 11.6 Å². The van der Waals surface area contributed by atoms with Crippen LogP contribution < -0.4 is 5.32 Å². The van der Waals surface area contributed by atoms with E-state index in [9.17, 15) is 0 Å². The second-order valence-corrected chi connectivity index (χ2v) is 5.94. The van der Waals surface area contributed by atoms with Crippen molar-refractivity contribution in [3.05, 3.63) is 17.8 Å². The number of rotatable bonds is 4. The zero-order valence-electron chi connectivity index (χ0n) is 11.7. The van der Waals surface area contributed by atoms with Crippen molar-refractivity contribution in [2.75, 3.05) is 13.2 Å². The van der Waals surface area contributed by atoms with Crippen molar-refractivity contribution in [2.45, 2.75) is 58.1 Å². The topological polar surface area (TPSA) is 47.3 Å². The molecule has 2 heterocycles. The molecule has 4 nitrogen and oxygen atoms in total. The number of aromatic nitrogens is 1. The second kappa shape index (κ2) is 5.85. The Morgan fingerprint density at radius 1 is 1.39 bits per heavy atom. The predicted molar refractivity (Wildman–Crippen MR) is 70.5 cm³/mol. The predicted octanol–water partition coefficient (Wildman–Crippen LogP) is 2.85. The van der Waals surface area contributed by atoms with Crippen molar-refractivity contribution in [3.63, 3.8) is 0 Å². The van der Waals surface area contributed by atoms with Crippen molar-refractivity contribution >= 4 is 0 Å². The monoisotopic (exact) mass is 252 g/mol. The molecule has 1 atom stereocenters. The fraction of sp³-hybridized carbons (Fsp3) is 0.786. The first-order valence-electron chi connectivity index (χ1n) is 6.86. The summed E-state index contributed by atoms with van der Waals surface area (Å²) < 4.78 is 11.4. The van der Waals surface area contributed by atoms with Gasteiger partial charge in [0, 0.05) is 25.1 Å². The summed E-state index contributed by atoms with van der Waals surface area (Å²) in [5, 5.41) is 3.43. The van der Waals surface area contributed by atoms with E-state index in [1.54, 1.807) is 0 Å². The SMILES string of the molecule is CC(C)(C)NCCc1ncc(C2CCCCO2)o1. The molecule has 1 aromatic rings. The minimum atomic E-state index is 0.121. The van der Waals surface area contributed by atoms with Crippen LogP contribution >= 0.6 is 0 Å². The smallest absolute Gasteiger partial charge is 0.195 e. The molecule has 1 unspecified atom stereocenters. The van der Waals surface area contributed by atoms with Crippen LogP contribution in [0.2, 0.25) is 0 Å². The summed E-state index contributed by atoms with van der Waals surface area (Å²) in [6, 6.07) is 0. The van der Waals surface area contributed by atoms with E-state index >= 15 is 0 Å². The summed E-state index contributed by atoms with van der Waals surface area (Å²) in [5.41, 5.74) is 0.141. The lowest BCUT2D eigenvalue weighted by Crippen LogP contribution is -2.37. The molecule has 0 amide bonds. The summed E-state index contributed by atoms with van der Waals surface area (Å²) in [7, 11) is 0. The molecule has 0 aromatic carbocycles. The van der Waals surface area contributed by atoms with Gasteiger partial charge >= 0.3 is 0 Å². The van der Waals surface area contributed by atoms with Crippen LogP contribution in [0.3, 0.4) is 0 Å². The lowest BCUT2D eigenvalue weighted by atomic mass is 10.1. The van der Waals surface area contributed by atoms with Crippen molar-refractivity contribution in [1.82, 2.24) is 10.3 Å². The molecule has 0 bridgehead atoms. The fourth-order valence-electron chi connectivity index (χ4n) is 2.10. The highest BCUT2D eigenvalue weighted by Crippen LogP contribution is 2.28. The third-order valence-corrected chi connectivity index (χ3v) is 3.06. The Balaban J connectivity index is 1.82. The van der Waals surface area contributed by atoms with Crippen LogP contribution in [0.4, 0.5) is 0 Å². The summed E-state index contributed by atoms with van der Waals surface area (Å²) in [6.45, 7) is 8.19. The maximum atomic E-state index is 5.76. The molecule has 1 fully saturated rings. The van der Waals surface area contributed by atoms with Gasteiger partial charge in [-0.15, -0.1) is 0 Å². The summed E-state index contributed by atoms with van der Waals surface area (Å²) >= 11 is 0. The first-order valence-corrected chi connectivity index (χ1v) is 6.86. The van der Waals surface area contributed by atoms with Crippen LogP contribution in [0.5, 0.6) is 0 Å². The zero-order chi connectivity index (χ0) is 13.0. The first-order chi connectivity index (χ1) is 8.54. The van der Waals surface area contributed by atoms with Gasteiger partial charge in [-0.25, -0.2) is 4.98 Å². The third kappa shape index (κ3) is 4.10. The average Bonchev–Trinajstić information content (AvgIpc) is 2.77. The highest BCUT2D eigenvalue weighted by atomic mass is 16.5. The molecule has 1 aliphatic rings. The Hall–Kier alpha value is -0.870. The van der Waals surface area contributed by atoms with Gasteiger partial charge in [-0.05, 0) is 40.0 Å². The van der Waals surface area contributed by atoms with Gasteiger partial charge in [-0.3, -0.25) is 0 Å². The molecule has 1 aromatic heterocycles. The fourth-order valence-corrected chi connectivity index (χ4v) is 2.10. The lowest BCUT2D eigenvalue weighted by Gasteiger charge is -2.20. The third-order valence-electron chi connectivity index (χ3n) is 3.06. The van der Waals surface area contributed by atoms with Crippen molar-refractivity contribution in [1.29, 1.82) is 0 Å². The van der Waals surface area contributed by atoms with Gasteiger partial charge in [-0.2, -0.15) is 0 Å². The number of nitrogens with one attached hydrogen (secondary N) is 1. The Morgan fingerprint density at radius 2 is 2.22 bits per heavy atom. The van der Waals surface area contributed by atoms with Gasteiger partial charge < -0.3 is 14.5 Å². The Bertz CT molecular complexity index is 362. The molecular formula is C14H24N2O2. The molecular weight excluding hydrogens is 228 g/mol. The molecule has 1 saturated heterocycles. The molecule has 18 heavy (non-hydrogen) atoms. The number of nitrogens with zero attached hydrogens (tertiary/aromatic N) is 1. The number of oxazole rings is 1. The van der Waals surface area contributed by atoms with E-state index in [2.05, 4.69) is 31.1 Å². The molecule has 4 heteroatoms. The maximum Gasteiger partial charge on any atom is 0.195 e. The van der Waals surface area contributed by atoms with Gasteiger partial charge in [0.1, 0.15) is 6.10 Å². The average molecular weight is 252 g/mol. The molecule has 1 N–H and O–H groups in total. The van der Waals surface area contributed by atoms with Gasteiger partial charge in [0.2, 0.25) is 0 Å². The molecule has 0 aliphatic carbocycles. The van der Waals surface area contributed by atoms with Crippen LogP contribution in [0, 0.1) is 0 Å². The molecule has 2 rings (SSSR count). The Morgan fingerprint density at radius 3 is 2.89 bits per heavy atom. The quantitative estimate of drug-likeness (QED) is 0.895. The van der Waals surface area contributed by atoms with E-state index in [1.165, 1.54) is 6.42 Å². The lowest BCUT2D eigenvalue weighted by molar-refractivity contribution is 0.00127. The molecule has 102 valence electrons. The van der Waals surface area contributed by atoms with Crippen LogP contribution in [-0.4, -0.2) is 23.7 Å². The number of ether oxygens (including phenoxy) is 1. The van der Waals surface area contributed by atoms with Crippen LogP contribution in [0.25, 0.3) is 0 Å². The van der Waals surface area contributed by atoms with Crippen LogP contribution in [0.15, 0.2) is 10.6 Å². The maximum absolute atomic E-state index is 5.76. The molecule has 0 radical (unpaired) electrons. The molecule has 1 aliphatic heterocycles. The highest BCUT2D eigenvalue weighted by molar-refractivity contribution is 4.99. The van der Waals surface area contributed by atoms with E-state index < -0.39 is 0 Å². The highest BCUT2D eigenvalue weighted by Gasteiger charge is 2.20. The van der Waals surface area contributed by atoms with E-state index in [1.807, 2.05) is 6.20 Å². The Labute approximate surface area is 109 Å². The number of hydrogen-bond donors (Lipinski definition) is 1. The minimum absolute atomic E-state index is 0.121. The van der Waals surface area contributed by atoms with E-state index in [0.29, 0.717) is 0 Å². The number of hydrogen-bond acceptors (Lipinski definition) is 4. The van der Waals surface area contributed by atoms with Crippen molar-refractivity contribution in [2.24, 2.45) is 0 Å². The molecule has 0 saturated carbocycles. The molecule has 0 spiro atoms. The summed E-state index contributed by atoms with van der Waals surface area (Å²) in [4.78, 5) is 4.32. The summed E-state index contributed by atoms with van der Waals surface area (Å²) in [6.07, 6.45) is 6.19. The minimum Gasteiger partial charge on any atom is -0.443 e. The second-order valence-electron chi connectivity index (χ2n) is 5.94. The van der Waals surface area contributed by atoms with Crippen molar-refractivity contribution in [3.8, 4) is 0 Å². The van der Waals surface area contributed by atoms with Crippen LogP contribution in [-0.2, 0) is 11.2 Å². The standard InChI is InChI=1S/C14H24N2O2/c1-14(2,3)16-8-7-13-15-10-12(18-13)11-6-4-5-9-17-11/h10-11,16H,4-9H2,1-3H3. The normalized spacial score (nSPS) is 21.2. The Kier molecular flexibility index (Phi) is 4.40. The van der Waals surface area contributed by atoms with Crippen molar-refractivity contribution < 1.29 is 9.15 Å². The van der Waals surface area contributed by atoms with Gasteiger partial charge in [0.25, 0.3) is 0 Å². The largest absolute Gasteiger partial charge is 0.443 e. The first kappa shape index (κ1) is 13.6. The van der Waals surface area contributed by atoms with Gasteiger partial charge in [-0.1, -0.05) is 0 Å². The van der Waals surface area contributed by atoms with E-state index in [0.717, 1.165) is 44.1 Å². The van der Waals surface area contributed by atoms with Gasteiger partial charge in [0.05, 0.1) is 6.20 Å².